The van der Waals surface area contributed by atoms with Crippen LogP contribution in [0.1, 0.15) is 21.8 Å². The van der Waals surface area contributed by atoms with Gasteiger partial charge in [0.05, 0.1) is 30.3 Å². The van der Waals surface area contributed by atoms with E-state index in [2.05, 4.69) is 0 Å². The zero-order valence-electron chi connectivity index (χ0n) is 13.4. The normalized spacial score (nSPS) is 10.2. The molecule has 3 aromatic rings. The van der Waals surface area contributed by atoms with Crippen LogP contribution in [0.3, 0.4) is 0 Å². The van der Waals surface area contributed by atoms with Gasteiger partial charge >= 0.3 is 5.97 Å². The number of para-hydroxylation sites is 2. The molecule has 0 saturated heterocycles. The number of anilines is 1. The van der Waals surface area contributed by atoms with Crippen molar-refractivity contribution >= 4 is 11.7 Å². The summed E-state index contributed by atoms with van der Waals surface area (Å²) in [7, 11) is 1.25. The maximum absolute atomic E-state index is 12.1. The molecule has 25 heavy (non-hydrogen) atoms. The molecule has 7 nitrogen and oxygen atoms in total. The first-order valence-electron chi connectivity index (χ1n) is 7.39. The second-order valence-electron chi connectivity index (χ2n) is 5.11. The van der Waals surface area contributed by atoms with Gasteiger partial charge in [0.25, 0.3) is 0 Å². The standard InChI is InChI=1S/C18H15N3O4/c1-23-18(22)17-16(20)12(9-19)10-21(17)14-6-2-3-7-15(14)25-11-13-5-4-8-24-13/h2-8,10H,11,20H2,1H3. The SMILES string of the molecule is COC(=O)c1c(N)c(C#N)cn1-c1ccccc1OCc1ccco1. The third kappa shape index (κ3) is 3.05. The van der Waals surface area contributed by atoms with E-state index in [0.29, 0.717) is 17.2 Å². The Bertz CT molecular complexity index is 936. The average molecular weight is 337 g/mol. The number of nitriles is 1. The molecule has 3 rings (SSSR count). The summed E-state index contributed by atoms with van der Waals surface area (Å²) in [5.41, 5.74) is 6.81. The molecule has 0 radical (unpaired) electrons. The van der Waals surface area contributed by atoms with Crippen molar-refractivity contribution in [2.75, 3.05) is 12.8 Å². The quantitative estimate of drug-likeness (QED) is 0.718. The first kappa shape index (κ1) is 16.2. The first-order valence-corrected chi connectivity index (χ1v) is 7.39. The number of rotatable bonds is 5. The molecule has 0 aliphatic rings. The Morgan fingerprint density at radius 2 is 2.12 bits per heavy atom. The van der Waals surface area contributed by atoms with Crippen LogP contribution >= 0.6 is 0 Å². The number of nitrogens with zero attached hydrogens (tertiary/aromatic N) is 2. The van der Waals surface area contributed by atoms with E-state index in [1.54, 1.807) is 42.7 Å². The van der Waals surface area contributed by atoms with Gasteiger partial charge in [0.2, 0.25) is 0 Å². The van der Waals surface area contributed by atoms with Crippen molar-refractivity contribution < 1.29 is 18.7 Å². The van der Waals surface area contributed by atoms with Crippen LogP contribution in [0.4, 0.5) is 5.69 Å². The summed E-state index contributed by atoms with van der Waals surface area (Å²) >= 11 is 0. The third-order valence-electron chi connectivity index (χ3n) is 3.62. The van der Waals surface area contributed by atoms with Gasteiger partial charge in [0.1, 0.15) is 24.2 Å². The summed E-state index contributed by atoms with van der Waals surface area (Å²) in [6.45, 7) is 0.222. The summed E-state index contributed by atoms with van der Waals surface area (Å²) in [6, 6.07) is 12.6. The minimum Gasteiger partial charge on any atom is -0.483 e. The lowest BCUT2D eigenvalue weighted by molar-refractivity contribution is 0.0593. The number of nitrogens with two attached hydrogens (primary N) is 1. The van der Waals surface area contributed by atoms with E-state index in [4.69, 9.17) is 19.6 Å². The number of hydrogen-bond acceptors (Lipinski definition) is 6. The number of furan rings is 1. The van der Waals surface area contributed by atoms with E-state index < -0.39 is 5.97 Å². The number of benzene rings is 1. The van der Waals surface area contributed by atoms with Gasteiger partial charge in [0.15, 0.2) is 5.69 Å². The number of nitrogen functional groups attached to an aromatic ring is 1. The average Bonchev–Trinajstić information content (AvgIpc) is 3.27. The highest BCUT2D eigenvalue weighted by molar-refractivity contribution is 5.96. The molecule has 0 aliphatic carbocycles. The lowest BCUT2D eigenvalue weighted by Crippen LogP contribution is -2.12. The molecule has 7 heteroatoms. The number of methoxy groups -OCH3 is 1. The van der Waals surface area contributed by atoms with Crippen molar-refractivity contribution in [1.29, 1.82) is 5.26 Å². The predicted octanol–water partition coefficient (Wildman–Crippen LogP) is 2.89. The minimum absolute atomic E-state index is 0.0650. The smallest absolute Gasteiger partial charge is 0.357 e. The molecule has 2 N–H and O–H groups in total. The van der Waals surface area contributed by atoms with Crippen molar-refractivity contribution in [3.63, 3.8) is 0 Å². The van der Waals surface area contributed by atoms with Gasteiger partial charge in [-0.3, -0.25) is 0 Å². The molecule has 1 aromatic carbocycles. The van der Waals surface area contributed by atoms with E-state index >= 15 is 0 Å². The number of aromatic nitrogens is 1. The fourth-order valence-electron chi connectivity index (χ4n) is 2.43. The van der Waals surface area contributed by atoms with Crippen LogP contribution < -0.4 is 10.5 Å². The second-order valence-corrected chi connectivity index (χ2v) is 5.11. The molecule has 2 aromatic heterocycles. The number of ether oxygens (including phenoxy) is 2. The van der Waals surface area contributed by atoms with Gasteiger partial charge in [-0.25, -0.2) is 4.79 Å². The van der Waals surface area contributed by atoms with Crippen molar-refractivity contribution in [1.82, 2.24) is 4.57 Å². The number of hydrogen-bond donors (Lipinski definition) is 1. The summed E-state index contributed by atoms with van der Waals surface area (Å²) < 4.78 is 17.3. The Morgan fingerprint density at radius 1 is 1.32 bits per heavy atom. The number of carbonyl (C=O) groups excluding carboxylic acids is 1. The van der Waals surface area contributed by atoms with Crippen LogP contribution in [0.25, 0.3) is 5.69 Å². The van der Waals surface area contributed by atoms with Crippen LogP contribution in [0.5, 0.6) is 5.75 Å². The molecule has 0 amide bonds. The van der Waals surface area contributed by atoms with Crippen LogP contribution in [0.2, 0.25) is 0 Å². The predicted molar refractivity (Wildman–Crippen MR) is 89.3 cm³/mol. The molecule has 126 valence electrons. The number of carbonyl (C=O) groups is 1. The molecule has 0 bridgehead atoms. The summed E-state index contributed by atoms with van der Waals surface area (Å²) in [6.07, 6.45) is 3.04. The van der Waals surface area contributed by atoms with E-state index in [1.165, 1.54) is 17.9 Å². The first-order chi connectivity index (χ1) is 12.2. The molecule has 0 fully saturated rings. The van der Waals surface area contributed by atoms with Crippen LogP contribution in [0.15, 0.2) is 53.3 Å². The molecule has 0 atom stereocenters. The van der Waals surface area contributed by atoms with E-state index in [1.807, 2.05) is 6.07 Å². The Morgan fingerprint density at radius 3 is 2.80 bits per heavy atom. The summed E-state index contributed by atoms with van der Waals surface area (Å²) in [4.78, 5) is 12.1. The zero-order valence-corrected chi connectivity index (χ0v) is 13.4. The molecule has 2 heterocycles. The van der Waals surface area contributed by atoms with Gasteiger partial charge in [-0.15, -0.1) is 0 Å². The van der Waals surface area contributed by atoms with Gasteiger partial charge < -0.3 is 24.2 Å². The lowest BCUT2D eigenvalue weighted by atomic mass is 10.2. The molecular formula is C18H15N3O4. The summed E-state index contributed by atoms with van der Waals surface area (Å²) in [5, 5.41) is 9.22. The van der Waals surface area contributed by atoms with Gasteiger partial charge in [-0.05, 0) is 24.3 Å². The highest BCUT2D eigenvalue weighted by Gasteiger charge is 2.23. The van der Waals surface area contributed by atoms with Crippen LogP contribution in [0, 0.1) is 11.3 Å². The van der Waals surface area contributed by atoms with E-state index in [0.717, 1.165) is 0 Å². The maximum Gasteiger partial charge on any atom is 0.357 e. The van der Waals surface area contributed by atoms with Crippen molar-refractivity contribution in [3.05, 3.63) is 65.9 Å². The van der Waals surface area contributed by atoms with Gasteiger partial charge in [-0.1, -0.05) is 12.1 Å². The van der Waals surface area contributed by atoms with Gasteiger partial charge in [-0.2, -0.15) is 5.26 Å². The highest BCUT2D eigenvalue weighted by atomic mass is 16.5. The van der Waals surface area contributed by atoms with Crippen molar-refractivity contribution in [2.24, 2.45) is 0 Å². The van der Waals surface area contributed by atoms with Gasteiger partial charge in [0, 0.05) is 6.20 Å². The third-order valence-corrected chi connectivity index (χ3v) is 3.62. The summed E-state index contributed by atoms with van der Waals surface area (Å²) in [5.74, 6) is 0.524. The monoisotopic (exact) mass is 337 g/mol. The maximum atomic E-state index is 12.1. The Kier molecular flexibility index (Phi) is 4.44. The molecule has 0 unspecified atom stereocenters. The minimum atomic E-state index is -0.639. The number of esters is 1. The van der Waals surface area contributed by atoms with E-state index in [-0.39, 0.29) is 23.6 Å². The fraction of sp³-hybridized carbons (Fsp3) is 0.111. The fourth-order valence-corrected chi connectivity index (χ4v) is 2.43. The largest absolute Gasteiger partial charge is 0.483 e. The van der Waals surface area contributed by atoms with E-state index in [9.17, 15) is 10.1 Å². The Balaban J connectivity index is 2.05. The van der Waals surface area contributed by atoms with Crippen molar-refractivity contribution in [2.45, 2.75) is 6.61 Å². The second kappa shape index (κ2) is 6.84. The van der Waals surface area contributed by atoms with Crippen LogP contribution in [-0.2, 0) is 11.3 Å². The highest BCUT2D eigenvalue weighted by Crippen LogP contribution is 2.30. The molecule has 0 aliphatic heterocycles. The Hall–Kier alpha value is -3.66. The molecule has 0 spiro atoms. The lowest BCUT2D eigenvalue weighted by Gasteiger charge is -2.13. The molecule has 0 saturated carbocycles. The topological polar surface area (TPSA) is 103 Å². The Labute approximate surface area is 143 Å². The zero-order chi connectivity index (χ0) is 17.8. The molecular weight excluding hydrogens is 322 g/mol. The van der Waals surface area contributed by atoms with Crippen molar-refractivity contribution in [3.8, 4) is 17.5 Å². The van der Waals surface area contributed by atoms with Crippen LogP contribution in [-0.4, -0.2) is 17.6 Å².